The van der Waals surface area contributed by atoms with E-state index in [-0.39, 0.29) is 5.82 Å². The highest BCUT2D eigenvalue weighted by atomic mass is 19.1. The summed E-state index contributed by atoms with van der Waals surface area (Å²) < 4.78 is 12.8. The predicted octanol–water partition coefficient (Wildman–Crippen LogP) is 2.14. The number of aromatic nitrogens is 2. The van der Waals surface area contributed by atoms with Crippen molar-refractivity contribution < 1.29 is 9.50 Å². The van der Waals surface area contributed by atoms with Crippen LogP contribution in [0.4, 0.5) is 4.39 Å². The second-order valence-electron chi connectivity index (χ2n) is 3.83. The lowest BCUT2D eigenvalue weighted by Crippen LogP contribution is -2.04. The molecule has 0 saturated carbocycles. The molecule has 1 aromatic carbocycles. The van der Waals surface area contributed by atoms with E-state index in [1.54, 1.807) is 25.3 Å². The molecule has 0 fully saturated rings. The van der Waals surface area contributed by atoms with Gasteiger partial charge in [0.15, 0.2) is 0 Å². The van der Waals surface area contributed by atoms with Crippen molar-refractivity contribution in [2.45, 2.75) is 19.4 Å². The molecule has 3 nitrogen and oxygen atoms in total. The van der Waals surface area contributed by atoms with Crippen LogP contribution in [-0.4, -0.2) is 21.4 Å². The lowest BCUT2D eigenvalue weighted by Gasteiger charge is -2.05. The fourth-order valence-electron chi connectivity index (χ4n) is 1.65. The fourth-order valence-corrected chi connectivity index (χ4v) is 1.65. The van der Waals surface area contributed by atoms with Crippen LogP contribution in [-0.2, 0) is 6.42 Å². The molecule has 0 aliphatic rings. The Hall–Kier alpha value is -1.68. The van der Waals surface area contributed by atoms with Crippen LogP contribution in [0, 0.1) is 5.82 Å². The average molecular weight is 220 g/mol. The van der Waals surface area contributed by atoms with E-state index in [4.69, 9.17) is 0 Å². The van der Waals surface area contributed by atoms with Gasteiger partial charge >= 0.3 is 0 Å². The maximum absolute atomic E-state index is 12.8. The van der Waals surface area contributed by atoms with Gasteiger partial charge in [-0.3, -0.25) is 5.10 Å². The quantitative estimate of drug-likeness (QED) is 0.832. The molecular weight excluding hydrogens is 207 g/mol. The molecule has 0 bridgehead atoms. The van der Waals surface area contributed by atoms with Crippen molar-refractivity contribution in [3.8, 4) is 11.3 Å². The second-order valence-corrected chi connectivity index (χ2v) is 3.83. The Morgan fingerprint density at radius 1 is 1.38 bits per heavy atom. The molecule has 1 unspecified atom stereocenters. The zero-order valence-electron chi connectivity index (χ0n) is 8.94. The number of nitrogens with one attached hydrogen (secondary N) is 1. The Labute approximate surface area is 92.9 Å². The summed E-state index contributed by atoms with van der Waals surface area (Å²) in [5.41, 5.74) is 2.64. The minimum absolute atomic E-state index is 0.264. The number of H-pyrrole nitrogens is 1. The highest BCUT2D eigenvalue weighted by Crippen LogP contribution is 2.22. The standard InChI is InChI=1S/C12H13FN2O/c1-8(16)6-10-7-14-15-12(10)9-2-4-11(13)5-3-9/h2-5,7-8,16H,6H2,1H3,(H,14,15). The molecule has 0 spiro atoms. The minimum atomic E-state index is -0.420. The van der Waals surface area contributed by atoms with Crippen LogP contribution in [0.15, 0.2) is 30.5 Å². The van der Waals surface area contributed by atoms with Crippen molar-refractivity contribution in [2.24, 2.45) is 0 Å². The van der Waals surface area contributed by atoms with Crippen LogP contribution in [0.5, 0.6) is 0 Å². The Morgan fingerprint density at radius 3 is 2.69 bits per heavy atom. The van der Waals surface area contributed by atoms with Crippen LogP contribution in [0.1, 0.15) is 12.5 Å². The SMILES string of the molecule is CC(O)Cc1cn[nH]c1-c1ccc(F)cc1. The summed E-state index contributed by atoms with van der Waals surface area (Å²) in [7, 11) is 0. The third-order valence-corrected chi connectivity index (χ3v) is 2.37. The van der Waals surface area contributed by atoms with Crippen molar-refractivity contribution in [3.05, 3.63) is 41.8 Å². The van der Waals surface area contributed by atoms with E-state index in [1.807, 2.05) is 0 Å². The minimum Gasteiger partial charge on any atom is -0.393 e. The summed E-state index contributed by atoms with van der Waals surface area (Å²) in [6.07, 6.45) is 1.80. The average Bonchev–Trinajstić information content (AvgIpc) is 2.66. The van der Waals surface area contributed by atoms with E-state index in [0.717, 1.165) is 16.8 Å². The summed E-state index contributed by atoms with van der Waals surface area (Å²) in [6, 6.07) is 6.19. The predicted molar refractivity (Wildman–Crippen MR) is 59.4 cm³/mol. The van der Waals surface area contributed by atoms with Gasteiger partial charge in [0.05, 0.1) is 18.0 Å². The van der Waals surface area contributed by atoms with E-state index >= 15 is 0 Å². The van der Waals surface area contributed by atoms with E-state index in [9.17, 15) is 9.50 Å². The number of hydrogen-bond donors (Lipinski definition) is 2. The van der Waals surface area contributed by atoms with E-state index in [2.05, 4.69) is 10.2 Å². The lowest BCUT2D eigenvalue weighted by molar-refractivity contribution is 0.195. The molecule has 0 aliphatic carbocycles. The molecular formula is C12H13FN2O. The molecule has 16 heavy (non-hydrogen) atoms. The van der Waals surface area contributed by atoms with Gasteiger partial charge in [-0.1, -0.05) is 0 Å². The highest BCUT2D eigenvalue weighted by Gasteiger charge is 2.09. The first kappa shape index (κ1) is 10.8. The molecule has 0 saturated heterocycles. The van der Waals surface area contributed by atoms with Gasteiger partial charge in [0.1, 0.15) is 5.82 Å². The summed E-state index contributed by atoms with van der Waals surface area (Å²) >= 11 is 0. The number of aromatic amines is 1. The molecule has 2 rings (SSSR count). The van der Waals surface area contributed by atoms with Gasteiger partial charge in [0.2, 0.25) is 0 Å². The van der Waals surface area contributed by atoms with Crippen molar-refractivity contribution in [1.82, 2.24) is 10.2 Å². The lowest BCUT2D eigenvalue weighted by atomic mass is 10.0. The van der Waals surface area contributed by atoms with E-state index in [0.29, 0.717) is 6.42 Å². The monoisotopic (exact) mass is 220 g/mol. The Morgan fingerprint density at radius 2 is 2.06 bits per heavy atom. The molecule has 2 aromatic rings. The van der Waals surface area contributed by atoms with E-state index < -0.39 is 6.10 Å². The van der Waals surface area contributed by atoms with Gasteiger partial charge in [-0.25, -0.2) is 4.39 Å². The van der Waals surface area contributed by atoms with Crippen LogP contribution in [0.3, 0.4) is 0 Å². The third-order valence-electron chi connectivity index (χ3n) is 2.37. The van der Waals surface area contributed by atoms with Gasteiger partial charge in [-0.15, -0.1) is 0 Å². The second kappa shape index (κ2) is 4.45. The molecule has 84 valence electrons. The van der Waals surface area contributed by atoms with Crippen LogP contribution >= 0.6 is 0 Å². The van der Waals surface area contributed by atoms with Crippen molar-refractivity contribution in [3.63, 3.8) is 0 Å². The molecule has 0 amide bonds. The summed E-state index contributed by atoms with van der Waals surface area (Å²) in [6.45, 7) is 1.72. The third kappa shape index (κ3) is 2.28. The van der Waals surface area contributed by atoms with E-state index in [1.165, 1.54) is 12.1 Å². The number of nitrogens with zero attached hydrogens (tertiary/aromatic N) is 1. The zero-order chi connectivity index (χ0) is 11.5. The molecule has 4 heteroatoms. The summed E-state index contributed by atoms with van der Waals surface area (Å²) in [4.78, 5) is 0. The summed E-state index contributed by atoms with van der Waals surface area (Å²) in [5.74, 6) is -0.264. The molecule has 1 atom stereocenters. The largest absolute Gasteiger partial charge is 0.393 e. The maximum Gasteiger partial charge on any atom is 0.123 e. The van der Waals surface area contributed by atoms with Crippen LogP contribution < -0.4 is 0 Å². The van der Waals surface area contributed by atoms with Crippen LogP contribution in [0.2, 0.25) is 0 Å². The Balaban J connectivity index is 2.33. The smallest absolute Gasteiger partial charge is 0.123 e. The number of benzene rings is 1. The molecule has 2 N–H and O–H groups in total. The number of hydrogen-bond acceptors (Lipinski definition) is 2. The first-order chi connectivity index (χ1) is 7.66. The number of rotatable bonds is 3. The normalized spacial score (nSPS) is 12.7. The highest BCUT2D eigenvalue weighted by molar-refractivity contribution is 5.62. The van der Waals surface area contributed by atoms with Gasteiger partial charge in [0, 0.05) is 17.5 Å². The van der Waals surface area contributed by atoms with Gasteiger partial charge in [-0.2, -0.15) is 5.10 Å². The number of halogens is 1. The van der Waals surface area contributed by atoms with Gasteiger partial charge in [-0.05, 0) is 31.2 Å². The molecule has 1 aromatic heterocycles. The maximum atomic E-state index is 12.8. The topological polar surface area (TPSA) is 48.9 Å². The number of aliphatic hydroxyl groups is 1. The number of aliphatic hydroxyl groups excluding tert-OH is 1. The molecule has 0 aliphatic heterocycles. The first-order valence-corrected chi connectivity index (χ1v) is 5.13. The summed E-state index contributed by atoms with van der Waals surface area (Å²) in [5, 5.41) is 16.1. The molecule has 1 heterocycles. The van der Waals surface area contributed by atoms with Crippen LogP contribution in [0.25, 0.3) is 11.3 Å². The van der Waals surface area contributed by atoms with Gasteiger partial charge < -0.3 is 5.11 Å². The zero-order valence-corrected chi connectivity index (χ0v) is 8.94. The first-order valence-electron chi connectivity index (χ1n) is 5.13. The van der Waals surface area contributed by atoms with Crippen molar-refractivity contribution >= 4 is 0 Å². The molecule has 0 radical (unpaired) electrons. The Bertz CT molecular complexity index is 462. The van der Waals surface area contributed by atoms with Crippen molar-refractivity contribution in [1.29, 1.82) is 0 Å². The van der Waals surface area contributed by atoms with Crippen molar-refractivity contribution in [2.75, 3.05) is 0 Å². The fraction of sp³-hybridized carbons (Fsp3) is 0.250. The van der Waals surface area contributed by atoms with Gasteiger partial charge in [0.25, 0.3) is 0 Å². The Kier molecular flexibility index (Phi) is 3.01.